The molecule has 2 fully saturated rings. The molecule has 5 atom stereocenters. The number of carbonyl (C=O) groups excluding carboxylic acids is 6. The van der Waals surface area contributed by atoms with Gasteiger partial charge in [0.1, 0.15) is 30.9 Å². The number of ketones is 1. The smallest absolute Gasteiger partial charge is 0.329 e. The van der Waals surface area contributed by atoms with E-state index in [0.29, 0.717) is 84.6 Å². The number of hydrogen-bond acceptors (Lipinski definition) is 16. The Balaban J connectivity index is 0.789. The Labute approximate surface area is 478 Å². The van der Waals surface area contributed by atoms with E-state index in [-0.39, 0.29) is 83.1 Å². The summed E-state index contributed by atoms with van der Waals surface area (Å²) in [6.45, 7) is 10.8. The maximum absolute atomic E-state index is 14.1. The summed E-state index contributed by atoms with van der Waals surface area (Å²) in [5, 5.41) is 20.1. The highest BCUT2D eigenvalue weighted by Crippen LogP contribution is 2.38. The Bertz CT molecular complexity index is 2990. The van der Waals surface area contributed by atoms with Crippen LogP contribution in [0.15, 0.2) is 116 Å². The predicted molar refractivity (Wildman–Crippen MR) is 306 cm³/mol. The quantitative estimate of drug-likeness (QED) is 0.0119. The van der Waals surface area contributed by atoms with Crippen molar-refractivity contribution in [2.45, 2.75) is 89.6 Å². The van der Waals surface area contributed by atoms with E-state index in [4.69, 9.17) is 33.2 Å². The van der Waals surface area contributed by atoms with Crippen molar-refractivity contribution in [2.75, 3.05) is 85.5 Å². The van der Waals surface area contributed by atoms with Crippen LogP contribution in [0.1, 0.15) is 91.9 Å². The number of benzene rings is 4. The van der Waals surface area contributed by atoms with E-state index < -0.39 is 47.5 Å². The van der Waals surface area contributed by atoms with Gasteiger partial charge >= 0.3 is 5.97 Å². The molecule has 4 aromatic carbocycles. The van der Waals surface area contributed by atoms with Crippen LogP contribution in [0, 0.1) is 5.41 Å². The first-order valence-corrected chi connectivity index (χ1v) is 27.7. The van der Waals surface area contributed by atoms with Crippen LogP contribution in [-0.4, -0.2) is 154 Å². The van der Waals surface area contributed by atoms with E-state index in [1.807, 2.05) is 55.5 Å². The summed E-state index contributed by atoms with van der Waals surface area (Å²) >= 11 is 0. The second-order valence-corrected chi connectivity index (χ2v) is 20.6. The molecule has 0 spiro atoms. The van der Waals surface area contributed by atoms with Crippen molar-refractivity contribution >= 4 is 52.0 Å². The summed E-state index contributed by atoms with van der Waals surface area (Å²) in [4.78, 5) is 87.7. The number of aromatic nitrogens is 1. The number of piperidine rings is 1. The highest BCUT2D eigenvalue weighted by Gasteiger charge is 2.47. The minimum atomic E-state index is -1.01. The third-order valence-corrected chi connectivity index (χ3v) is 14.8. The molecule has 0 radical (unpaired) electrons. The van der Waals surface area contributed by atoms with Gasteiger partial charge in [-0.05, 0) is 110 Å². The lowest BCUT2D eigenvalue weighted by molar-refractivity contribution is -0.164. The van der Waals surface area contributed by atoms with Crippen LogP contribution in [0.4, 0.5) is 5.69 Å². The number of aliphatic hydroxyl groups is 1. The number of pyridine rings is 1. The molecule has 0 aliphatic carbocycles. The van der Waals surface area contributed by atoms with E-state index in [9.17, 15) is 33.9 Å². The number of anilines is 1. The highest BCUT2D eigenvalue weighted by atomic mass is 16.7. The SMILES string of the molecule is C=CC(O)N1C[C@H](c2ccc(C(=O)NCCOCCOCOCCNC(=O)COc3cccc([C@@H](CCc4ccc(OC)c(OC)c4)OC(=O)[C@@H]4CCCCN4C(=O)C(=O)C(C)(C)CC)c3)cc2)[C@@H]1C(=O)Nc1cccc2cccnc12. The number of Topliss-reactive ketones (excluding diaryl/α,β-unsaturated/α-hetero) is 1. The zero-order chi connectivity index (χ0) is 58.6. The van der Waals surface area contributed by atoms with Gasteiger partial charge in [0, 0.05) is 54.7 Å². The Kier molecular flexibility index (Phi) is 22.9. The van der Waals surface area contributed by atoms with Gasteiger partial charge in [-0.1, -0.05) is 75.9 Å². The number of hydrogen-bond donors (Lipinski definition) is 4. The number of ether oxygens (including phenoxy) is 7. The number of esters is 1. The van der Waals surface area contributed by atoms with Gasteiger partial charge in [0.25, 0.3) is 17.7 Å². The minimum absolute atomic E-state index is 0.0297. The zero-order valence-electron chi connectivity index (χ0n) is 47.4. The molecule has 4 N–H and O–H groups in total. The van der Waals surface area contributed by atoms with E-state index in [2.05, 4.69) is 27.5 Å². The van der Waals surface area contributed by atoms with Crippen molar-refractivity contribution in [1.82, 2.24) is 25.4 Å². The third kappa shape index (κ3) is 16.5. The first-order valence-electron chi connectivity index (χ1n) is 27.7. The van der Waals surface area contributed by atoms with Crippen LogP contribution in [0.3, 0.4) is 0 Å². The average Bonchev–Trinajstić information content (AvgIpc) is 3.69. The molecule has 2 aliphatic rings. The number of rotatable bonds is 31. The molecule has 20 nitrogen and oxygen atoms in total. The molecular weight excluding hydrogens is 1050 g/mol. The summed E-state index contributed by atoms with van der Waals surface area (Å²) in [6.07, 6.45) is 4.32. The molecule has 82 heavy (non-hydrogen) atoms. The standard InChI is InChI=1S/C62H76N6O14/c1-7-54(70)68-38-47(56(68)59(73)66-48-18-12-14-43-16-13-28-64-55(43)48)42-22-24-44(25-23-42)58(72)65-30-32-78-34-35-80-40-79-33-29-63-53(69)39-81-46-17-11-15-45(37-46)50(26-20-41-21-27-51(76-5)52(36-41)77-6)82-61(75)49-19-9-10-31-67(49)60(74)57(71)62(3,4)8-2/h7,11-18,21-25,27-28,36-37,47,49-50,54,56,70H,1,8-10,19-20,26,29-35,38-40H2,2-6H3,(H,63,69)(H,65,72)(H,66,73)/t47-,49+,50-,54?,56-/m1/s1. The molecule has 5 aromatic rings. The van der Waals surface area contributed by atoms with Crippen LogP contribution in [0.5, 0.6) is 17.2 Å². The van der Waals surface area contributed by atoms with Crippen LogP contribution in [-0.2, 0) is 49.3 Å². The number of para-hydroxylation sites is 1. The Morgan fingerprint density at radius 2 is 1.57 bits per heavy atom. The fraction of sp³-hybridized carbons (Fsp3) is 0.435. The molecule has 7 rings (SSSR count). The van der Waals surface area contributed by atoms with Gasteiger partial charge in [-0.15, -0.1) is 0 Å². The van der Waals surface area contributed by atoms with Gasteiger partial charge in [0.15, 0.2) is 18.1 Å². The summed E-state index contributed by atoms with van der Waals surface area (Å²) in [5.41, 5.74) is 3.19. The normalized spacial score (nSPS) is 16.9. The average molecular weight is 1130 g/mol. The number of amides is 4. The van der Waals surface area contributed by atoms with Gasteiger partial charge in [0.05, 0.1) is 57.9 Å². The molecule has 3 heterocycles. The second-order valence-electron chi connectivity index (χ2n) is 20.6. The first-order chi connectivity index (χ1) is 39.7. The Morgan fingerprint density at radius 1 is 0.841 bits per heavy atom. The van der Waals surface area contributed by atoms with Crippen molar-refractivity contribution in [3.05, 3.63) is 138 Å². The maximum Gasteiger partial charge on any atom is 0.329 e. The second kappa shape index (κ2) is 30.3. The van der Waals surface area contributed by atoms with E-state index in [1.165, 1.54) is 11.0 Å². The number of likely N-dealkylation sites (tertiary alicyclic amines) is 2. The summed E-state index contributed by atoms with van der Waals surface area (Å²) in [7, 11) is 3.11. The zero-order valence-corrected chi connectivity index (χ0v) is 47.4. The number of carbonyl (C=O) groups is 6. The van der Waals surface area contributed by atoms with Crippen molar-refractivity contribution in [3.63, 3.8) is 0 Å². The lowest BCUT2D eigenvalue weighted by atomic mass is 9.81. The van der Waals surface area contributed by atoms with Crippen molar-refractivity contribution in [1.29, 1.82) is 0 Å². The van der Waals surface area contributed by atoms with Gasteiger partial charge in [-0.3, -0.25) is 33.9 Å². The molecule has 0 saturated carbocycles. The van der Waals surface area contributed by atoms with Crippen LogP contribution in [0.25, 0.3) is 10.9 Å². The van der Waals surface area contributed by atoms with Crippen molar-refractivity contribution in [2.24, 2.45) is 5.41 Å². The van der Waals surface area contributed by atoms with Crippen LogP contribution >= 0.6 is 0 Å². The summed E-state index contributed by atoms with van der Waals surface area (Å²) < 4.78 is 39.6. The molecule has 4 amide bonds. The minimum Gasteiger partial charge on any atom is -0.493 e. The fourth-order valence-corrected chi connectivity index (χ4v) is 9.71. The van der Waals surface area contributed by atoms with Crippen molar-refractivity contribution in [3.8, 4) is 17.2 Å². The van der Waals surface area contributed by atoms with Gasteiger partial charge in [-0.2, -0.15) is 0 Å². The maximum atomic E-state index is 14.1. The molecule has 20 heteroatoms. The van der Waals surface area contributed by atoms with E-state index in [0.717, 1.165) is 16.5 Å². The number of nitrogens with zero attached hydrogens (tertiary/aromatic N) is 3. The van der Waals surface area contributed by atoms with Gasteiger partial charge < -0.3 is 59.1 Å². The largest absolute Gasteiger partial charge is 0.493 e. The molecule has 1 unspecified atom stereocenters. The number of methoxy groups -OCH3 is 2. The van der Waals surface area contributed by atoms with Gasteiger partial charge in [0.2, 0.25) is 11.7 Å². The van der Waals surface area contributed by atoms with E-state index >= 15 is 0 Å². The van der Waals surface area contributed by atoms with Crippen LogP contribution < -0.4 is 30.2 Å². The number of aryl methyl sites for hydroxylation is 1. The highest BCUT2D eigenvalue weighted by molar-refractivity contribution is 6.38. The number of nitrogens with one attached hydrogen (secondary N) is 3. The molecule has 0 bridgehead atoms. The monoisotopic (exact) mass is 1130 g/mol. The molecule has 1 aromatic heterocycles. The topological polar surface area (TPSA) is 243 Å². The molecule has 2 aliphatic heterocycles. The van der Waals surface area contributed by atoms with Crippen molar-refractivity contribution < 1.29 is 67.0 Å². The van der Waals surface area contributed by atoms with Crippen LogP contribution in [0.2, 0.25) is 0 Å². The third-order valence-electron chi connectivity index (χ3n) is 14.8. The Hall–Kier alpha value is -7.75. The molecule has 438 valence electrons. The number of aliphatic hydroxyl groups excluding tert-OH is 1. The van der Waals surface area contributed by atoms with Gasteiger partial charge in [-0.25, -0.2) is 4.79 Å². The Morgan fingerprint density at radius 3 is 2.34 bits per heavy atom. The summed E-state index contributed by atoms with van der Waals surface area (Å²) in [6, 6.07) is 27.3. The first kappa shape index (κ1) is 61.9. The van der Waals surface area contributed by atoms with E-state index in [1.54, 1.807) is 87.7 Å². The summed E-state index contributed by atoms with van der Waals surface area (Å²) in [5.74, 6) is -1.49. The molecule has 2 saturated heterocycles. The lowest BCUT2D eigenvalue weighted by Gasteiger charge is -2.48. The predicted octanol–water partition coefficient (Wildman–Crippen LogP) is 6.70. The number of fused-ring (bicyclic) bond motifs is 1. The lowest BCUT2D eigenvalue weighted by Crippen LogP contribution is -2.63. The fourth-order valence-electron chi connectivity index (χ4n) is 9.71. The molecular formula is C62H76N6O14.